The van der Waals surface area contributed by atoms with Gasteiger partial charge < -0.3 is 9.64 Å². The van der Waals surface area contributed by atoms with E-state index in [2.05, 4.69) is 9.88 Å². The van der Waals surface area contributed by atoms with E-state index in [0.29, 0.717) is 16.7 Å². The Balaban J connectivity index is 1.52. The fourth-order valence-electron chi connectivity index (χ4n) is 3.09. The van der Waals surface area contributed by atoms with E-state index >= 15 is 0 Å². The minimum atomic E-state index is 0.146. The van der Waals surface area contributed by atoms with E-state index in [1.807, 2.05) is 41.3 Å². The van der Waals surface area contributed by atoms with Crippen molar-refractivity contribution in [2.75, 3.05) is 33.3 Å². The van der Waals surface area contributed by atoms with Gasteiger partial charge in [0.15, 0.2) is 0 Å². The SMILES string of the molecule is COc1cccc(CC(=O)N2CCN(Cc3cc(Cl)nc(Cl)c3)CC2)c1. The molecular formula is C19H21Cl2N3O2. The average Bonchev–Trinajstić information content (AvgIpc) is 2.61. The smallest absolute Gasteiger partial charge is 0.227 e. The molecular weight excluding hydrogens is 373 g/mol. The molecule has 1 aliphatic rings. The fraction of sp³-hybridized carbons (Fsp3) is 0.368. The van der Waals surface area contributed by atoms with E-state index < -0.39 is 0 Å². The molecule has 0 atom stereocenters. The van der Waals surface area contributed by atoms with Crippen LogP contribution in [0.2, 0.25) is 10.3 Å². The lowest BCUT2D eigenvalue weighted by Crippen LogP contribution is -2.48. The van der Waals surface area contributed by atoms with Crippen molar-refractivity contribution in [1.82, 2.24) is 14.8 Å². The zero-order valence-electron chi connectivity index (χ0n) is 14.6. The highest BCUT2D eigenvalue weighted by Gasteiger charge is 2.21. The van der Waals surface area contributed by atoms with Gasteiger partial charge in [-0.3, -0.25) is 9.69 Å². The molecule has 5 nitrogen and oxygen atoms in total. The van der Waals surface area contributed by atoms with Crippen molar-refractivity contribution >= 4 is 29.1 Å². The van der Waals surface area contributed by atoms with Gasteiger partial charge in [0.25, 0.3) is 0 Å². The summed E-state index contributed by atoms with van der Waals surface area (Å²) < 4.78 is 5.21. The number of benzene rings is 1. The molecule has 0 N–H and O–H groups in total. The first-order chi connectivity index (χ1) is 12.5. The molecule has 1 fully saturated rings. The summed E-state index contributed by atoms with van der Waals surface area (Å²) in [5.41, 5.74) is 2.00. The number of hydrogen-bond donors (Lipinski definition) is 0. The minimum absolute atomic E-state index is 0.146. The molecule has 1 aromatic carbocycles. The van der Waals surface area contributed by atoms with Crippen LogP contribution in [0.15, 0.2) is 36.4 Å². The summed E-state index contributed by atoms with van der Waals surface area (Å²) >= 11 is 11.9. The quantitative estimate of drug-likeness (QED) is 0.731. The molecule has 0 saturated carbocycles. The van der Waals surface area contributed by atoms with E-state index in [9.17, 15) is 4.79 Å². The Morgan fingerprint density at radius 1 is 1.08 bits per heavy atom. The van der Waals surface area contributed by atoms with Crippen LogP contribution in [0.5, 0.6) is 5.75 Å². The third-order valence-electron chi connectivity index (χ3n) is 4.44. The lowest BCUT2D eigenvalue weighted by atomic mass is 10.1. The van der Waals surface area contributed by atoms with Crippen molar-refractivity contribution in [1.29, 1.82) is 0 Å². The molecule has 2 aromatic rings. The van der Waals surface area contributed by atoms with Crippen molar-refractivity contribution < 1.29 is 9.53 Å². The highest BCUT2D eigenvalue weighted by Crippen LogP contribution is 2.18. The molecule has 3 rings (SSSR count). The second-order valence-corrected chi connectivity index (χ2v) is 7.08. The van der Waals surface area contributed by atoms with Gasteiger partial charge in [-0.2, -0.15) is 0 Å². The predicted molar refractivity (Wildman–Crippen MR) is 103 cm³/mol. The van der Waals surface area contributed by atoms with Crippen molar-refractivity contribution in [2.45, 2.75) is 13.0 Å². The highest BCUT2D eigenvalue weighted by molar-refractivity contribution is 6.32. The normalized spacial score (nSPS) is 15.1. The second kappa shape index (κ2) is 8.71. The van der Waals surface area contributed by atoms with Gasteiger partial charge in [0, 0.05) is 32.7 Å². The Bertz CT molecular complexity index is 757. The summed E-state index contributed by atoms with van der Waals surface area (Å²) in [6.45, 7) is 3.83. The first kappa shape index (κ1) is 19.0. The Morgan fingerprint density at radius 2 is 1.77 bits per heavy atom. The molecule has 0 unspecified atom stereocenters. The molecule has 7 heteroatoms. The largest absolute Gasteiger partial charge is 0.497 e. The molecule has 1 aliphatic heterocycles. The molecule has 2 heterocycles. The lowest BCUT2D eigenvalue weighted by Gasteiger charge is -2.35. The van der Waals surface area contributed by atoms with Crippen LogP contribution in [-0.2, 0) is 17.8 Å². The molecule has 1 aromatic heterocycles. The zero-order valence-corrected chi connectivity index (χ0v) is 16.1. The van der Waals surface area contributed by atoms with E-state index in [-0.39, 0.29) is 5.91 Å². The summed E-state index contributed by atoms with van der Waals surface area (Å²) in [5, 5.41) is 0.805. The zero-order chi connectivity index (χ0) is 18.5. The first-order valence-corrected chi connectivity index (χ1v) is 9.24. The van der Waals surface area contributed by atoms with Crippen LogP contribution in [0.3, 0.4) is 0 Å². The van der Waals surface area contributed by atoms with Gasteiger partial charge >= 0.3 is 0 Å². The van der Waals surface area contributed by atoms with Crippen molar-refractivity contribution in [3.8, 4) is 5.75 Å². The van der Waals surface area contributed by atoms with E-state index in [1.165, 1.54) is 0 Å². The van der Waals surface area contributed by atoms with Crippen LogP contribution in [0.25, 0.3) is 0 Å². The van der Waals surface area contributed by atoms with Gasteiger partial charge in [-0.05, 0) is 35.4 Å². The van der Waals surface area contributed by atoms with Crippen LogP contribution in [0, 0.1) is 0 Å². The predicted octanol–water partition coefficient (Wildman–Crippen LogP) is 3.28. The van der Waals surface area contributed by atoms with Gasteiger partial charge in [-0.25, -0.2) is 4.98 Å². The number of amides is 1. The van der Waals surface area contributed by atoms with Crippen LogP contribution in [0.1, 0.15) is 11.1 Å². The number of rotatable bonds is 5. The molecule has 0 radical (unpaired) electrons. The third-order valence-corrected chi connectivity index (χ3v) is 4.83. The summed E-state index contributed by atoms with van der Waals surface area (Å²) in [5.74, 6) is 0.919. The second-order valence-electron chi connectivity index (χ2n) is 6.31. The number of ether oxygens (including phenoxy) is 1. The number of nitrogens with zero attached hydrogens (tertiary/aromatic N) is 3. The van der Waals surface area contributed by atoms with Gasteiger partial charge in [0.05, 0.1) is 13.5 Å². The molecule has 0 spiro atoms. The fourth-order valence-corrected chi connectivity index (χ4v) is 3.59. The summed E-state index contributed by atoms with van der Waals surface area (Å²) in [6, 6.07) is 11.3. The van der Waals surface area contributed by atoms with Crippen LogP contribution in [-0.4, -0.2) is 54.0 Å². The van der Waals surface area contributed by atoms with Crippen molar-refractivity contribution in [2.24, 2.45) is 0 Å². The summed E-state index contributed by atoms with van der Waals surface area (Å²) in [6.07, 6.45) is 0.396. The van der Waals surface area contributed by atoms with Crippen molar-refractivity contribution in [3.05, 3.63) is 57.8 Å². The standard InChI is InChI=1S/C19H21Cl2N3O2/c1-26-16-4-2-3-14(9-16)12-19(25)24-7-5-23(6-8-24)13-15-10-17(20)22-18(21)11-15/h2-4,9-11H,5-8,12-13H2,1H3. The van der Waals surface area contributed by atoms with E-state index in [1.54, 1.807) is 7.11 Å². The maximum absolute atomic E-state index is 12.5. The monoisotopic (exact) mass is 393 g/mol. The van der Waals surface area contributed by atoms with Crippen LogP contribution >= 0.6 is 23.2 Å². The number of carbonyl (C=O) groups is 1. The maximum Gasteiger partial charge on any atom is 0.227 e. The number of hydrogen-bond acceptors (Lipinski definition) is 4. The minimum Gasteiger partial charge on any atom is -0.497 e. The summed E-state index contributed by atoms with van der Waals surface area (Å²) in [7, 11) is 1.63. The molecule has 0 aliphatic carbocycles. The maximum atomic E-state index is 12.5. The summed E-state index contributed by atoms with van der Waals surface area (Å²) in [4.78, 5) is 20.7. The Kier molecular flexibility index (Phi) is 6.35. The molecule has 26 heavy (non-hydrogen) atoms. The Morgan fingerprint density at radius 3 is 2.42 bits per heavy atom. The first-order valence-electron chi connectivity index (χ1n) is 8.48. The highest BCUT2D eigenvalue weighted by atomic mass is 35.5. The van der Waals surface area contributed by atoms with Crippen LogP contribution in [0.4, 0.5) is 0 Å². The molecule has 0 bridgehead atoms. The number of pyridine rings is 1. The van der Waals surface area contributed by atoms with Crippen molar-refractivity contribution in [3.63, 3.8) is 0 Å². The van der Waals surface area contributed by atoms with E-state index in [4.69, 9.17) is 27.9 Å². The van der Waals surface area contributed by atoms with Gasteiger partial charge in [0.2, 0.25) is 5.91 Å². The van der Waals surface area contributed by atoms with E-state index in [0.717, 1.165) is 49.6 Å². The van der Waals surface area contributed by atoms with Gasteiger partial charge in [0.1, 0.15) is 16.1 Å². The number of aromatic nitrogens is 1. The molecule has 1 saturated heterocycles. The number of carbonyl (C=O) groups excluding carboxylic acids is 1. The number of piperazine rings is 1. The third kappa shape index (κ3) is 5.10. The topological polar surface area (TPSA) is 45.7 Å². The van der Waals surface area contributed by atoms with Crippen LogP contribution < -0.4 is 4.74 Å². The lowest BCUT2D eigenvalue weighted by molar-refractivity contribution is -0.132. The Labute approximate surface area is 163 Å². The van der Waals surface area contributed by atoms with Gasteiger partial charge in [-0.1, -0.05) is 35.3 Å². The molecule has 138 valence electrons. The Hall–Kier alpha value is -1.82. The number of methoxy groups -OCH3 is 1. The average molecular weight is 394 g/mol. The van der Waals surface area contributed by atoms with Gasteiger partial charge in [-0.15, -0.1) is 0 Å². The molecule has 1 amide bonds. The number of halogens is 2.